The third kappa shape index (κ3) is 2.56. The summed E-state index contributed by atoms with van der Waals surface area (Å²) in [5.41, 5.74) is 7.47. The summed E-state index contributed by atoms with van der Waals surface area (Å²) in [6.07, 6.45) is 2.42. The molecular formula is C13H19N3O2. The number of amidine groups is 1. The molecule has 1 aliphatic rings. The fourth-order valence-electron chi connectivity index (χ4n) is 2.37. The highest BCUT2D eigenvalue weighted by atomic mass is 16.5. The molecule has 0 bridgehead atoms. The summed E-state index contributed by atoms with van der Waals surface area (Å²) in [6, 6.07) is 7.70. The van der Waals surface area contributed by atoms with Crippen LogP contribution < -0.4 is 10.6 Å². The number of ether oxygens (including phenoxy) is 1. The van der Waals surface area contributed by atoms with Gasteiger partial charge in [0.1, 0.15) is 0 Å². The fourth-order valence-corrected chi connectivity index (χ4v) is 2.37. The van der Waals surface area contributed by atoms with Crippen molar-refractivity contribution in [3.8, 4) is 0 Å². The van der Waals surface area contributed by atoms with Gasteiger partial charge in [0, 0.05) is 31.5 Å². The molecule has 0 spiro atoms. The topological polar surface area (TPSA) is 71.1 Å². The maximum atomic E-state index is 8.83. The average Bonchev–Trinajstić information content (AvgIpc) is 2.46. The third-order valence-corrected chi connectivity index (χ3v) is 3.34. The van der Waals surface area contributed by atoms with Crippen LogP contribution in [0.4, 0.5) is 5.69 Å². The average molecular weight is 249 g/mol. The van der Waals surface area contributed by atoms with Gasteiger partial charge in [-0.2, -0.15) is 0 Å². The van der Waals surface area contributed by atoms with Crippen molar-refractivity contribution in [3.63, 3.8) is 0 Å². The smallest absolute Gasteiger partial charge is 0.172 e. The van der Waals surface area contributed by atoms with Gasteiger partial charge in [-0.25, -0.2) is 0 Å². The van der Waals surface area contributed by atoms with Crippen molar-refractivity contribution in [3.05, 3.63) is 29.8 Å². The molecule has 1 atom stereocenters. The van der Waals surface area contributed by atoms with E-state index in [1.165, 1.54) is 0 Å². The largest absolute Gasteiger partial charge is 0.409 e. The van der Waals surface area contributed by atoms with E-state index in [4.69, 9.17) is 15.7 Å². The van der Waals surface area contributed by atoms with Crippen LogP contribution in [0.2, 0.25) is 0 Å². The van der Waals surface area contributed by atoms with Crippen LogP contribution in [-0.4, -0.2) is 37.3 Å². The summed E-state index contributed by atoms with van der Waals surface area (Å²) < 4.78 is 5.42. The summed E-state index contributed by atoms with van der Waals surface area (Å²) in [4.78, 5) is 2.23. The highest BCUT2D eigenvalue weighted by Crippen LogP contribution is 2.24. The molecule has 0 aliphatic carbocycles. The molecule has 1 aromatic carbocycles. The van der Waals surface area contributed by atoms with Crippen LogP contribution in [-0.2, 0) is 4.74 Å². The minimum absolute atomic E-state index is 0.144. The van der Waals surface area contributed by atoms with Gasteiger partial charge in [-0.1, -0.05) is 17.3 Å². The van der Waals surface area contributed by atoms with Gasteiger partial charge in [0.25, 0.3) is 0 Å². The van der Waals surface area contributed by atoms with Gasteiger partial charge in [-0.3, -0.25) is 0 Å². The quantitative estimate of drug-likeness (QED) is 0.367. The normalized spacial score (nSPS) is 21.1. The van der Waals surface area contributed by atoms with Crippen LogP contribution in [0.5, 0.6) is 0 Å². The molecule has 1 aromatic rings. The molecule has 1 saturated heterocycles. The predicted molar refractivity (Wildman–Crippen MR) is 71.2 cm³/mol. The molecule has 0 radical (unpaired) electrons. The lowest BCUT2D eigenvalue weighted by molar-refractivity contribution is 0.0893. The van der Waals surface area contributed by atoms with E-state index in [2.05, 4.69) is 10.1 Å². The van der Waals surface area contributed by atoms with Crippen LogP contribution in [0, 0.1) is 0 Å². The molecular weight excluding hydrogens is 230 g/mol. The Morgan fingerprint density at radius 2 is 2.28 bits per heavy atom. The summed E-state index contributed by atoms with van der Waals surface area (Å²) in [5.74, 6) is 0.144. The number of nitrogens with zero attached hydrogens (tertiary/aromatic N) is 2. The van der Waals surface area contributed by atoms with E-state index in [0.717, 1.165) is 37.2 Å². The Morgan fingerprint density at radius 3 is 3.00 bits per heavy atom. The Bertz CT molecular complexity index is 434. The molecule has 18 heavy (non-hydrogen) atoms. The van der Waals surface area contributed by atoms with E-state index in [1.54, 1.807) is 7.11 Å². The minimum atomic E-state index is 0.144. The molecule has 1 unspecified atom stereocenters. The van der Waals surface area contributed by atoms with Gasteiger partial charge in [0.05, 0.1) is 6.10 Å². The van der Waals surface area contributed by atoms with E-state index >= 15 is 0 Å². The summed E-state index contributed by atoms with van der Waals surface area (Å²) >= 11 is 0. The fraction of sp³-hybridized carbons (Fsp3) is 0.462. The number of rotatable bonds is 3. The summed E-state index contributed by atoms with van der Waals surface area (Å²) in [6.45, 7) is 1.81. The zero-order valence-electron chi connectivity index (χ0n) is 10.5. The van der Waals surface area contributed by atoms with Crippen molar-refractivity contribution in [1.82, 2.24) is 0 Å². The van der Waals surface area contributed by atoms with Crippen molar-refractivity contribution >= 4 is 11.5 Å². The number of piperidine rings is 1. The Hall–Kier alpha value is -1.75. The summed E-state index contributed by atoms with van der Waals surface area (Å²) in [5, 5.41) is 11.9. The van der Waals surface area contributed by atoms with Gasteiger partial charge in [0.2, 0.25) is 0 Å². The second-order valence-electron chi connectivity index (χ2n) is 4.45. The number of para-hydroxylation sites is 1. The van der Waals surface area contributed by atoms with Crippen LogP contribution in [0.1, 0.15) is 18.4 Å². The maximum Gasteiger partial charge on any atom is 0.172 e. The van der Waals surface area contributed by atoms with Gasteiger partial charge in [0.15, 0.2) is 5.84 Å². The molecule has 1 heterocycles. The van der Waals surface area contributed by atoms with Crippen molar-refractivity contribution in [2.24, 2.45) is 10.9 Å². The first-order valence-electron chi connectivity index (χ1n) is 6.11. The standard InChI is InChI=1S/C13H19N3O2/c1-18-10-5-4-8-16(9-10)12-7-3-2-6-11(12)13(14)15-17/h2-3,6-7,10,17H,4-5,8-9H2,1H3,(H2,14,15). The minimum Gasteiger partial charge on any atom is -0.409 e. The SMILES string of the molecule is COC1CCCN(c2ccccc2/C(N)=N/O)C1. The van der Waals surface area contributed by atoms with E-state index in [9.17, 15) is 0 Å². The van der Waals surface area contributed by atoms with E-state index in [1.807, 2.05) is 24.3 Å². The number of hydrogen-bond acceptors (Lipinski definition) is 4. The molecule has 98 valence electrons. The molecule has 3 N–H and O–H groups in total. The maximum absolute atomic E-state index is 8.83. The Labute approximate surface area is 107 Å². The van der Waals surface area contributed by atoms with Gasteiger partial charge in [-0.05, 0) is 25.0 Å². The first-order valence-corrected chi connectivity index (χ1v) is 6.11. The number of benzene rings is 1. The zero-order valence-corrected chi connectivity index (χ0v) is 10.5. The lowest BCUT2D eigenvalue weighted by Crippen LogP contribution is -2.40. The van der Waals surface area contributed by atoms with Crippen molar-refractivity contribution < 1.29 is 9.94 Å². The number of methoxy groups -OCH3 is 1. The number of anilines is 1. The van der Waals surface area contributed by atoms with Gasteiger partial charge in [-0.15, -0.1) is 0 Å². The molecule has 5 nitrogen and oxygen atoms in total. The molecule has 5 heteroatoms. The Kier molecular flexibility index (Phi) is 4.04. The van der Waals surface area contributed by atoms with E-state index < -0.39 is 0 Å². The Morgan fingerprint density at radius 1 is 1.50 bits per heavy atom. The second-order valence-corrected chi connectivity index (χ2v) is 4.45. The monoisotopic (exact) mass is 249 g/mol. The lowest BCUT2D eigenvalue weighted by atomic mass is 10.0. The summed E-state index contributed by atoms with van der Waals surface area (Å²) in [7, 11) is 1.74. The molecule has 1 fully saturated rings. The second kappa shape index (κ2) is 5.73. The van der Waals surface area contributed by atoms with Crippen LogP contribution in [0.3, 0.4) is 0 Å². The van der Waals surface area contributed by atoms with Crippen LogP contribution in [0.25, 0.3) is 0 Å². The molecule has 0 aromatic heterocycles. The van der Waals surface area contributed by atoms with Gasteiger partial charge >= 0.3 is 0 Å². The third-order valence-electron chi connectivity index (χ3n) is 3.34. The van der Waals surface area contributed by atoms with Gasteiger partial charge < -0.3 is 20.6 Å². The Balaban J connectivity index is 2.27. The molecule has 0 amide bonds. The van der Waals surface area contributed by atoms with E-state index in [-0.39, 0.29) is 11.9 Å². The molecule has 0 saturated carbocycles. The van der Waals surface area contributed by atoms with Crippen molar-refractivity contribution in [2.75, 3.05) is 25.1 Å². The lowest BCUT2D eigenvalue weighted by Gasteiger charge is -2.34. The van der Waals surface area contributed by atoms with Crippen molar-refractivity contribution in [2.45, 2.75) is 18.9 Å². The number of hydrogen-bond donors (Lipinski definition) is 2. The number of oxime groups is 1. The van der Waals surface area contributed by atoms with E-state index in [0.29, 0.717) is 0 Å². The predicted octanol–water partition coefficient (Wildman–Crippen LogP) is 1.40. The first kappa shape index (κ1) is 12.7. The highest BCUT2D eigenvalue weighted by Gasteiger charge is 2.22. The van der Waals surface area contributed by atoms with Crippen molar-refractivity contribution in [1.29, 1.82) is 0 Å². The van der Waals surface area contributed by atoms with Crippen LogP contribution >= 0.6 is 0 Å². The zero-order chi connectivity index (χ0) is 13.0. The van der Waals surface area contributed by atoms with Crippen LogP contribution in [0.15, 0.2) is 29.4 Å². The highest BCUT2D eigenvalue weighted by molar-refractivity contribution is 6.02. The number of nitrogens with two attached hydrogens (primary N) is 1. The molecule has 1 aliphatic heterocycles. The first-order chi connectivity index (χ1) is 8.76. The molecule has 2 rings (SSSR count).